The normalized spacial score (nSPS) is 12.9. The van der Waals surface area contributed by atoms with Crippen LogP contribution in [-0.4, -0.2) is 73.9 Å². The highest BCUT2D eigenvalue weighted by molar-refractivity contribution is 5.93. The Kier molecular flexibility index (Phi) is 7.39. The van der Waals surface area contributed by atoms with Crippen molar-refractivity contribution in [3.8, 4) is 34.8 Å². The second kappa shape index (κ2) is 11.6. The molecule has 0 aliphatic carbocycles. The smallest absolute Gasteiger partial charge is 0.246 e. The van der Waals surface area contributed by atoms with E-state index in [0.29, 0.717) is 53.0 Å². The number of hydrogen-bond acceptors (Lipinski definition) is 11. The minimum absolute atomic E-state index is 0.151. The molecule has 13 nitrogen and oxygen atoms in total. The summed E-state index contributed by atoms with van der Waals surface area (Å²) in [5.41, 5.74) is 0.734. The van der Waals surface area contributed by atoms with Gasteiger partial charge in [-0.3, -0.25) is 4.79 Å². The van der Waals surface area contributed by atoms with Crippen LogP contribution in [0.2, 0.25) is 0 Å². The molecule has 3 aromatic heterocycles. The third-order valence-electron chi connectivity index (χ3n) is 6.60. The molecule has 0 spiro atoms. The van der Waals surface area contributed by atoms with Crippen LogP contribution < -0.4 is 24.3 Å². The van der Waals surface area contributed by atoms with E-state index in [4.69, 9.17) is 18.9 Å². The molecule has 1 aliphatic heterocycles. The van der Waals surface area contributed by atoms with Crippen LogP contribution in [0, 0.1) is 5.82 Å². The predicted molar refractivity (Wildman–Crippen MR) is 153 cm³/mol. The van der Waals surface area contributed by atoms with Crippen molar-refractivity contribution >= 4 is 28.3 Å². The third-order valence-corrected chi connectivity index (χ3v) is 6.60. The molecule has 0 unspecified atom stereocenters. The summed E-state index contributed by atoms with van der Waals surface area (Å²) in [5, 5.41) is 7.94. The Morgan fingerprint density at radius 3 is 2.60 bits per heavy atom. The van der Waals surface area contributed by atoms with Gasteiger partial charge in [0, 0.05) is 35.8 Å². The second-order valence-electron chi connectivity index (χ2n) is 9.32. The van der Waals surface area contributed by atoms with Gasteiger partial charge in [-0.25, -0.2) is 29.0 Å². The van der Waals surface area contributed by atoms with Crippen molar-refractivity contribution in [3.05, 3.63) is 79.8 Å². The lowest BCUT2D eigenvalue weighted by molar-refractivity contribution is -0.134. The Balaban J connectivity index is 1.19. The molecule has 6 rings (SSSR count). The number of ether oxygens (including phenoxy) is 4. The molecular weight excluding hydrogens is 559 g/mol. The number of fused-ring (bicyclic) bond motifs is 1. The molecule has 2 aromatic carbocycles. The zero-order valence-corrected chi connectivity index (χ0v) is 23.1. The van der Waals surface area contributed by atoms with E-state index < -0.39 is 5.82 Å². The maximum Gasteiger partial charge on any atom is 0.246 e. The lowest BCUT2D eigenvalue weighted by atomic mass is 10.1. The Hall–Kier alpha value is -5.79. The van der Waals surface area contributed by atoms with Crippen LogP contribution in [-0.2, 0) is 4.79 Å². The fraction of sp³-hybridized carbons (Fsp3) is 0.172. The molecule has 1 fully saturated rings. The first-order valence-corrected chi connectivity index (χ1v) is 13.0. The molecule has 1 amide bonds. The highest BCUT2D eigenvalue weighted by Gasteiger charge is 2.31. The Labute approximate surface area is 244 Å². The van der Waals surface area contributed by atoms with Crippen molar-refractivity contribution in [3.63, 3.8) is 0 Å². The molecule has 43 heavy (non-hydrogen) atoms. The number of benzene rings is 2. The molecule has 0 saturated carbocycles. The number of halogens is 1. The number of nitrogens with one attached hydrogen (secondary N) is 1. The number of amides is 1. The molecule has 1 N–H and O–H groups in total. The zero-order chi connectivity index (χ0) is 29.9. The van der Waals surface area contributed by atoms with E-state index in [1.165, 1.54) is 49.8 Å². The highest BCUT2D eigenvalue weighted by Crippen LogP contribution is 2.37. The van der Waals surface area contributed by atoms with Crippen molar-refractivity contribution in [1.82, 2.24) is 34.6 Å². The molecule has 0 bridgehead atoms. The van der Waals surface area contributed by atoms with Gasteiger partial charge in [0.2, 0.25) is 17.7 Å². The lowest BCUT2D eigenvalue weighted by Crippen LogP contribution is -2.55. The van der Waals surface area contributed by atoms with E-state index in [-0.39, 0.29) is 29.3 Å². The van der Waals surface area contributed by atoms with E-state index in [1.54, 1.807) is 41.4 Å². The number of hydrogen-bond donors (Lipinski definition) is 1. The van der Waals surface area contributed by atoms with Gasteiger partial charge in [0.1, 0.15) is 36.1 Å². The van der Waals surface area contributed by atoms with E-state index in [1.807, 2.05) is 0 Å². The van der Waals surface area contributed by atoms with E-state index in [9.17, 15) is 4.79 Å². The lowest BCUT2D eigenvalue weighted by Gasteiger charge is -2.38. The Bertz CT molecular complexity index is 1820. The molecule has 14 heteroatoms. The molecule has 5 aromatic rings. The zero-order valence-electron chi connectivity index (χ0n) is 23.1. The van der Waals surface area contributed by atoms with Crippen LogP contribution >= 0.6 is 0 Å². The number of rotatable bonds is 10. The fourth-order valence-electron chi connectivity index (χ4n) is 4.38. The molecule has 0 radical (unpaired) electrons. The van der Waals surface area contributed by atoms with Crippen LogP contribution in [0.1, 0.15) is 0 Å². The van der Waals surface area contributed by atoms with Crippen LogP contribution in [0.25, 0.3) is 16.7 Å². The molecule has 4 heterocycles. The maximum absolute atomic E-state index is 15.2. The number of methoxy groups -OCH3 is 2. The van der Waals surface area contributed by atoms with Gasteiger partial charge in [-0.2, -0.15) is 0 Å². The fourth-order valence-corrected chi connectivity index (χ4v) is 4.38. The number of likely N-dealkylation sites (tertiary alicyclic amines) is 1. The first-order chi connectivity index (χ1) is 20.9. The quantitative estimate of drug-likeness (QED) is 0.238. The molecule has 1 saturated heterocycles. The van der Waals surface area contributed by atoms with Crippen LogP contribution in [0.15, 0.2) is 74.0 Å². The van der Waals surface area contributed by atoms with Crippen LogP contribution in [0.5, 0.6) is 29.0 Å². The van der Waals surface area contributed by atoms with Gasteiger partial charge < -0.3 is 29.2 Å². The van der Waals surface area contributed by atoms with Gasteiger partial charge in [0.25, 0.3) is 0 Å². The summed E-state index contributed by atoms with van der Waals surface area (Å²) in [6.45, 7) is 4.36. The van der Waals surface area contributed by atoms with Gasteiger partial charge in [-0.05, 0) is 24.3 Å². The van der Waals surface area contributed by atoms with Gasteiger partial charge in [0.15, 0.2) is 17.3 Å². The standard InChI is InChI=1S/C29H25FN8O5/c1-4-28(39)37-13-18(14-37)42-24-10-19-22(11-23(24)40-2)31-15-34-29(19)35-21-6-5-17(9-20(21)30)43-26-7-8-38(36-26)25-12-27(41-3)33-16-32-25/h4-12,15-16,18H,1,13-14H2,2-3H3,(H,31,34,35). The summed E-state index contributed by atoms with van der Waals surface area (Å²) < 4.78 is 39.2. The first kappa shape index (κ1) is 27.4. The summed E-state index contributed by atoms with van der Waals surface area (Å²) in [6.07, 6.45) is 5.44. The van der Waals surface area contributed by atoms with E-state index >= 15 is 4.39 Å². The summed E-state index contributed by atoms with van der Waals surface area (Å²) in [7, 11) is 3.03. The number of aromatic nitrogens is 6. The van der Waals surface area contributed by atoms with Crippen molar-refractivity contribution in [2.24, 2.45) is 0 Å². The average molecular weight is 585 g/mol. The molecule has 218 valence electrons. The number of carbonyl (C=O) groups is 1. The molecular formula is C29H25FN8O5. The van der Waals surface area contributed by atoms with Crippen molar-refractivity contribution < 1.29 is 28.1 Å². The van der Waals surface area contributed by atoms with Crippen molar-refractivity contribution in [2.75, 3.05) is 32.6 Å². The predicted octanol–water partition coefficient (Wildman–Crippen LogP) is 4.07. The molecule has 1 aliphatic rings. The van der Waals surface area contributed by atoms with E-state index in [0.717, 1.165) is 0 Å². The van der Waals surface area contributed by atoms with Crippen LogP contribution in [0.4, 0.5) is 15.9 Å². The topological polar surface area (TPSA) is 139 Å². The largest absolute Gasteiger partial charge is 0.493 e. The minimum atomic E-state index is -0.573. The van der Waals surface area contributed by atoms with Crippen molar-refractivity contribution in [1.29, 1.82) is 0 Å². The van der Waals surface area contributed by atoms with E-state index in [2.05, 4.69) is 36.9 Å². The maximum atomic E-state index is 15.2. The first-order valence-electron chi connectivity index (χ1n) is 13.0. The molecule has 0 atom stereocenters. The SMILES string of the molecule is C=CC(=O)N1CC(Oc2cc3c(Nc4ccc(Oc5ccn(-c6cc(OC)ncn6)n5)cc4F)ncnc3cc2OC)C1. The van der Waals surface area contributed by atoms with Gasteiger partial charge in [0.05, 0.1) is 38.5 Å². The minimum Gasteiger partial charge on any atom is -0.493 e. The number of anilines is 2. The number of nitrogens with zero attached hydrogens (tertiary/aromatic N) is 7. The average Bonchev–Trinajstić information content (AvgIpc) is 3.48. The summed E-state index contributed by atoms with van der Waals surface area (Å²) in [5.74, 6) is 1.91. The number of carbonyl (C=O) groups excluding carboxylic acids is 1. The van der Waals surface area contributed by atoms with Gasteiger partial charge in [-0.15, -0.1) is 5.10 Å². The monoisotopic (exact) mass is 584 g/mol. The van der Waals surface area contributed by atoms with Gasteiger partial charge in [-0.1, -0.05) is 6.58 Å². The van der Waals surface area contributed by atoms with Crippen molar-refractivity contribution in [2.45, 2.75) is 6.10 Å². The van der Waals surface area contributed by atoms with Gasteiger partial charge >= 0.3 is 0 Å². The summed E-state index contributed by atoms with van der Waals surface area (Å²) in [6, 6.07) is 11.1. The summed E-state index contributed by atoms with van der Waals surface area (Å²) >= 11 is 0. The van der Waals surface area contributed by atoms with Crippen LogP contribution in [0.3, 0.4) is 0 Å². The third kappa shape index (κ3) is 5.70. The Morgan fingerprint density at radius 2 is 1.84 bits per heavy atom. The second-order valence-corrected chi connectivity index (χ2v) is 9.32. The Morgan fingerprint density at radius 1 is 1.00 bits per heavy atom. The summed E-state index contributed by atoms with van der Waals surface area (Å²) in [4.78, 5) is 30.2. The highest BCUT2D eigenvalue weighted by atomic mass is 19.1.